The van der Waals surface area contributed by atoms with Gasteiger partial charge < -0.3 is 5.73 Å². The molecule has 158 valence electrons. The van der Waals surface area contributed by atoms with Crippen molar-refractivity contribution in [2.45, 2.75) is 24.7 Å². The fourth-order valence-corrected chi connectivity index (χ4v) is 4.90. The Hall–Kier alpha value is -3.89. The highest BCUT2D eigenvalue weighted by Crippen LogP contribution is 2.49. The van der Waals surface area contributed by atoms with E-state index in [0.717, 1.165) is 5.56 Å². The van der Waals surface area contributed by atoms with Crippen LogP contribution in [-0.2, 0) is 4.79 Å². The number of benzene rings is 2. The van der Waals surface area contributed by atoms with E-state index < -0.39 is 5.92 Å². The van der Waals surface area contributed by atoms with Gasteiger partial charge in [0.15, 0.2) is 5.78 Å². The summed E-state index contributed by atoms with van der Waals surface area (Å²) in [7, 11) is 0. The van der Waals surface area contributed by atoms with E-state index in [9.17, 15) is 10.1 Å². The second-order valence-electron chi connectivity index (χ2n) is 7.81. The first kappa shape index (κ1) is 20.0. The average Bonchev–Trinajstić information content (AvgIpc) is 3.33. The molecule has 0 radical (unpaired) electrons. The van der Waals surface area contributed by atoms with E-state index >= 15 is 0 Å². The lowest BCUT2D eigenvalue weighted by molar-refractivity contribution is -0.116. The quantitative estimate of drug-likeness (QED) is 0.630. The Morgan fingerprint density at radius 3 is 2.56 bits per heavy atom. The smallest absolute Gasteiger partial charge is 0.231 e. The van der Waals surface area contributed by atoms with Crippen LogP contribution in [0.25, 0.3) is 0 Å². The number of carbonyl (C=O) groups excluding carboxylic acids is 1. The van der Waals surface area contributed by atoms with Crippen LogP contribution in [0.1, 0.15) is 35.8 Å². The van der Waals surface area contributed by atoms with E-state index in [1.165, 1.54) is 6.33 Å². The van der Waals surface area contributed by atoms with Gasteiger partial charge in [-0.25, -0.2) is 5.10 Å². The summed E-state index contributed by atoms with van der Waals surface area (Å²) in [4.78, 5) is 19.6. The molecule has 1 aliphatic heterocycles. The third-order valence-corrected chi connectivity index (χ3v) is 6.41. The minimum atomic E-state index is -0.632. The van der Waals surface area contributed by atoms with Crippen molar-refractivity contribution in [1.29, 1.82) is 5.26 Å². The van der Waals surface area contributed by atoms with Crippen molar-refractivity contribution in [3.05, 3.63) is 99.7 Å². The van der Waals surface area contributed by atoms with Crippen LogP contribution in [0.4, 0.5) is 5.95 Å². The molecule has 5 rings (SSSR count). The first-order valence-electron chi connectivity index (χ1n) is 10.2. The van der Waals surface area contributed by atoms with Gasteiger partial charge in [-0.15, -0.1) is 0 Å². The molecule has 0 saturated heterocycles. The number of carbonyl (C=O) groups is 1. The predicted molar refractivity (Wildman–Crippen MR) is 120 cm³/mol. The zero-order valence-corrected chi connectivity index (χ0v) is 17.8. The lowest BCUT2D eigenvalue weighted by atomic mass is 9.72. The van der Waals surface area contributed by atoms with Crippen molar-refractivity contribution < 1.29 is 4.79 Å². The molecule has 2 heterocycles. The summed E-state index contributed by atoms with van der Waals surface area (Å²) in [6.07, 6.45) is 2.27. The monoisotopic (exact) mass is 442 g/mol. The molecule has 0 fully saturated rings. The molecule has 3 N–H and O–H groups in total. The highest BCUT2D eigenvalue weighted by Gasteiger charge is 2.44. The number of nitrogens with two attached hydrogens (primary N) is 1. The topological polar surface area (TPSA) is 112 Å². The minimum absolute atomic E-state index is 0.0174. The van der Waals surface area contributed by atoms with Gasteiger partial charge in [0.1, 0.15) is 12.1 Å². The average molecular weight is 443 g/mol. The Kier molecular flexibility index (Phi) is 5.00. The summed E-state index contributed by atoms with van der Waals surface area (Å²) in [5.41, 5.74) is 9.82. The molecule has 7 nitrogen and oxygen atoms in total. The van der Waals surface area contributed by atoms with Crippen LogP contribution in [0.2, 0.25) is 5.02 Å². The van der Waals surface area contributed by atoms with Crippen LogP contribution < -0.4 is 10.6 Å². The summed E-state index contributed by atoms with van der Waals surface area (Å²) in [6.45, 7) is 0. The van der Waals surface area contributed by atoms with Gasteiger partial charge in [-0.3, -0.25) is 9.69 Å². The molecule has 0 spiro atoms. The lowest BCUT2D eigenvalue weighted by Crippen LogP contribution is -2.40. The number of halogens is 1. The summed E-state index contributed by atoms with van der Waals surface area (Å²) in [5.74, 6) is -0.102. The maximum atomic E-state index is 13.6. The number of hydrogen-bond donors (Lipinski definition) is 2. The highest BCUT2D eigenvalue weighted by atomic mass is 35.5. The number of H-pyrrole nitrogens is 1. The number of rotatable bonds is 3. The Bertz CT molecular complexity index is 1290. The predicted octanol–water partition coefficient (Wildman–Crippen LogP) is 4.16. The van der Waals surface area contributed by atoms with Crippen LogP contribution in [-0.4, -0.2) is 21.0 Å². The molecule has 1 aliphatic carbocycles. The molecule has 8 heteroatoms. The molecule has 2 aliphatic rings. The number of ketones is 1. The number of aromatic amines is 1. The van der Waals surface area contributed by atoms with Gasteiger partial charge in [0, 0.05) is 22.7 Å². The molecule has 2 atom stereocenters. The van der Waals surface area contributed by atoms with Crippen LogP contribution in [0.15, 0.2) is 83.6 Å². The van der Waals surface area contributed by atoms with E-state index in [1.807, 2.05) is 48.5 Å². The Morgan fingerprint density at radius 1 is 1.12 bits per heavy atom. The second-order valence-corrected chi connectivity index (χ2v) is 8.22. The number of nitrogens with zero attached hydrogens (tertiary/aromatic N) is 4. The number of nitriles is 1. The van der Waals surface area contributed by atoms with Crippen LogP contribution >= 0.6 is 11.6 Å². The van der Waals surface area contributed by atoms with E-state index in [0.29, 0.717) is 40.6 Å². The number of anilines is 1. The third-order valence-electron chi connectivity index (χ3n) is 6.07. The molecule has 0 unspecified atom stereocenters. The molecular weight excluding hydrogens is 424 g/mol. The van der Waals surface area contributed by atoms with E-state index in [1.54, 1.807) is 11.0 Å². The highest BCUT2D eigenvalue weighted by molar-refractivity contribution is 6.31. The largest absolute Gasteiger partial charge is 0.384 e. The molecule has 0 bridgehead atoms. The van der Waals surface area contributed by atoms with Gasteiger partial charge in [-0.05, 0) is 29.5 Å². The van der Waals surface area contributed by atoms with Crippen molar-refractivity contribution in [3.63, 3.8) is 0 Å². The SMILES string of the molecule is N#CC1=C(N)N(c2ncn[nH]2)C2=C(C(=O)C[C@H](c3ccccc3)C2)[C@H]1c1ccccc1Cl. The normalized spacial score (nSPS) is 20.9. The van der Waals surface area contributed by atoms with Crippen molar-refractivity contribution in [2.24, 2.45) is 5.73 Å². The number of nitrogens with one attached hydrogen (secondary N) is 1. The molecule has 1 aromatic heterocycles. The van der Waals surface area contributed by atoms with Crippen molar-refractivity contribution in [3.8, 4) is 6.07 Å². The molecule has 0 amide bonds. The van der Waals surface area contributed by atoms with Crippen LogP contribution in [0.5, 0.6) is 0 Å². The Morgan fingerprint density at radius 2 is 1.88 bits per heavy atom. The van der Waals surface area contributed by atoms with Gasteiger partial charge >= 0.3 is 0 Å². The van der Waals surface area contributed by atoms with E-state index in [-0.39, 0.29) is 23.1 Å². The fourth-order valence-electron chi connectivity index (χ4n) is 4.66. The van der Waals surface area contributed by atoms with Crippen molar-refractivity contribution >= 4 is 23.3 Å². The van der Waals surface area contributed by atoms with Crippen molar-refractivity contribution in [2.75, 3.05) is 4.90 Å². The van der Waals surface area contributed by atoms with Gasteiger partial charge in [-0.2, -0.15) is 15.3 Å². The number of Topliss-reactive ketones (excluding diaryl/α,β-unsaturated/α-hetero) is 1. The summed E-state index contributed by atoms with van der Waals surface area (Å²) in [6, 6.07) is 19.4. The van der Waals surface area contributed by atoms with Crippen LogP contribution in [0.3, 0.4) is 0 Å². The Labute approximate surface area is 189 Å². The molecule has 32 heavy (non-hydrogen) atoms. The standard InChI is InChI=1S/C24H19ClN6O/c25-18-9-5-4-8-16(18)21-17(12-26)23(27)31(24-28-13-29-30-24)19-10-15(11-20(32)22(19)21)14-6-2-1-3-7-14/h1-9,13,15,21H,10-11,27H2,(H,28,29,30)/t15-,21+/m1/s1. The zero-order chi connectivity index (χ0) is 22.2. The summed E-state index contributed by atoms with van der Waals surface area (Å²) in [5, 5.41) is 17.3. The van der Waals surface area contributed by atoms with Gasteiger partial charge in [0.25, 0.3) is 0 Å². The third kappa shape index (κ3) is 3.17. The van der Waals surface area contributed by atoms with Crippen molar-refractivity contribution in [1.82, 2.24) is 15.2 Å². The molecule has 0 saturated carbocycles. The van der Waals surface area contributed by atoms with Crippen LogP contribution in [0, 0.1) is 11.3 Å². The fraction of sp³-hybridized carbons (Fsp3) is 0.167. The number of allylic oxidation sites excluding steroid dienone is 3. The number of hydrogen-bond acceptors (Lipinski definition) is 6. The summed E-state index contributed by atoms with van der Waals surface area (Å²) < 4.78 is 0. The molecule has 3 aromatic rings. The minimum Gasteiger partial charge on any atom is -0.384 e. The lowest BCUT2D eigenvalue weighted by Gasteiger charge is -2.40. The maximum absolute atomic E-state index is 13.6. The molecular formula is C24H19ClN6O. The zero-order valence-electron chi connectivity index (χ0n) is 17.0. The second kappa shape index (κ2) is 7.98. The summed E-state index contributed by atoms with van der Waals surface area (Å²) >= 11 is 6.52. The van der Waals surface area contributed by atoms with E-state index in [2.05, 4.69) is 21.3 Å². The van der Waals surface area contributed by atoms with Gasteiger partial charge in [-0.1, -0.05) is 60.1 Å². The van der Waals surface area contributed by atoms with E-state index in [4.69, 9.17) is 17.3 Å². The Balaban J connectivity index is 1.73. The maximum Gasteiger partial charge on any atom is 0.231 e. The first-order chi connectivity index (χ1) is 15.6. The molecule has 2 aromatic carbocycles. The van der Waals surface area contributed by atoms with Gasteiger partial charge in [0.05, 0.1) is 17.6 Å². The van der Waals surface area contributed by atoms with Gasteiger partial charge in [0.2, 0.25) is 5.95 Å². The first-order valence-corrected chi connectivity index (χ1v) is 10.6. The number of aromatic nitrogens is 3.